The lowest BCUT2D eigenvalue weighted by Gasteiger charge is -2.43. The second-order valence-electron chi connectivity index (χ2n) is 6.90. The molecule has 1 aliphatic heterocycles. The van der Waals surface area contributed by atoms with Crippen LogP contribution in [0.5, 0.6) is 0 Å². The number of nitrogens with one attached hydrogen (secondary N) is 1. The Bertz CT molecular complexity index is 618. The first kappa shape index (κ1) is 16.9. The molecule has 128 valence electrons. The quantitative estimate of drug-likeness (QED) is 0.894. The van der Waals surface area contributed by atoms with Gasteiger partial charge >= 0.3 is 0 Å². The van der Waals surface area contributed by atoms with Crippen molar-refractivity contribution in [1.82, 2.24) is 9.03 Å². The summed E-state index contributed by atoms with van der Waals surface area (Å²) in [6, 6.07) is 10.2. The summed E-state index contributed by atoms with van der Waals surface area (Å²) >= 11 is 0. The topological polar surface area (TPSA) is 58.6 Å². The van der Waals surface area contributed by atoms with E-state index in [9.17, 15) is 8.42 Å². The monoisotopic (exact) mass is 338 g/mol. The second-order valence-corrected chi connectivity index (χ2v) is 8.66. The molecule has 23 heavy (non-hydrogen) atoms. The van der Waals surface area contributed by atoms with Crippen molar-refractivity contribution in [3.05, 3.63) is 35.9 Å². The molecule has 2 aliphatic rings. The van der Waals surface area contributed by atoms with Crippen LogP contribution in [0.4, 0.5) is 0 Å². The van der Waals surface area contributed by atoms with E-state index in [1.807, 2.05) is 32.0 Å². The van der Waals surface area contributed by atoms with E-state index in [4.69, 9.17) is 4.74 Å². The SMILES string of the molecule is C[C@H]1CN(S(=O)(=O)NCC2(c3ccccc3)CCC2)C[C@H](C)O1. The molecule has 0 aromatic heterocycles. The lowest BCUT2D eigenvalue weighted by Crippen LogP contribution is -2.54. The minimum atomic E-state index is -3.46. The fourth-order valence-corrected chi connectivity index (χ4v) is 5.06. The molecule has 0 radical (unpaired) electrons. The number of benzene rings is 1. The van der Waals surface area contributed by atoms with Crippen LogP contribution in [0.1, 0.15) is 38.7 Å². The second kappa shape index (κ2) is 6.51. The molecule has 1 saturated carbocycles. The molecule has 1 saturated heterocycles. The van der Waals surface area contributed by atoms with E-state index in [1.165, 1.54) is 9.87 Å². The molecule has 1 aromatic rings. The van der Waals surface area contributed by atoms with Crippen molar-refractivity contribution in [1.29, 1.82) is 0 Å². The first-order valence-corrected chi connectivity index (χ1v) is 9.81. The zero-order valence-electron chi connectivity index (χ0n) is 13.9. The Morgan fingerprint density at radius 1 is 1.17 bits per heavy atom. The maximum atomic E-state index is 12.7. The number of rotatable bonds is 5. The van der Waals surface area contributed by atoms with Gasteiger partial charge in [0.1, 0.15) is 0 Å². The number of hydrogen-bond acceptors (Lipinski definition) is 3. The normalized spacial score (nSPS) is 28.3. The van der Waals surface area contributed by atoms with E-state index in [0.717, 1.165) is 19.3 Å². The maximum absolute atomic E-state index is 12.7. The van der Waals surface area contributed by atoms with Crippen LogP contribution in [0.25, 0.3) is 0 Å². The van der Waals surface area contributed by atoms with Crippen molar-refractivity contribution in [3.8, 4) is 0 Å². The molecule has 1 aliphatic carbocycles. The summed E-state index contributed by atoms with van der Waals surface area (Å²) in [5.41, 5.74) is 1.19. The third-order valence-electron chi connectivity index (χ3n) is 5.02. The van der Waals surface area contributed by atoms with Crippen molar-refractivity contribution in [2.24, 2.45) is 0 Å². The van der Waals surface area contributed by atoms with Crippen molar-refractivity contribution >= 4 is 10.2 Å². The molecular weight excluding hydrogens is 312 g/mol. The van der Waals surface area contributed by atoms with E-state index in [1.54, 1.807) is 0 Å². The van der Waals surface area contributed by atoms with Gasteiger partial charge in [-0.3, -0.25) is 0 Å². The Balaban J connectivity index is 1.69. The predicted octanol–water partition coefficient (Wildman–Crippen LogP) is 2.05. The molecule has 2 atom stereocenters. The Morgan fingerprint density at radius 2 is 1.78 bits per heavy atom. The molecule has 5 nitrogen and oxygen atoms in total. The molecule has 1 N–H and O–H groups in total. The van der Waals surface area contributed by atoms with Crippen LogP contribution < -0.4 is 4.72 Å². The van der Waals surface area contributed by atoms with Crippen LogP contribution in [-0.2, 0) is 20.4 Å². The summed E-state index contributed by atoms with van der Waals surface area (Å²) in [6.45, 7) is 5.13. The van der Waals surface area contributed by atoms with Crippen molar-refractivity contribution in [2.45, 2.75) is 50.7 Å². The molecule has 2 fully saturated rings. The third kappa shape index (κ3) is 3.60. The van der Waals surface area contributed by atoms with Gasteiger partial charge in [-0.2, -0.15) is 12.7 Å². The van der Waals surface area contributed by atoms with Crippen molar-refractivity contribution < 1.29 is 13.2 Å². The average molecular weight is 338 g/mol. The zero-order valence-corrected chi connectivity index (χ0v) is 14.7. The number of morpholine rings is 1. The van der Waals surface area contributed by atoms with Crippen LogP contribution in [0, 0.1) is 0 Å². The number of nitrogens with zero attached hydrogens (tertiary/aromatic N) is 1. The third-order valence-corrected chi connectivity index (χ3v) is 6.50. The largest absolute Gasteiger partial charge is 0.373 e. The van der Waals surface area contributed by atoms with Gasteiger partial charge in [0.25, 0.3) is 10.2 Å². The summed E-state index contributed by atoms with van der Waals surface area (Å²) in [4.78, 5) is 0. The van der Waals surface area contributed by atoms with Gasteiger partial charge in [-0.05, 0) is 32.3 Å². The van der Waals surface area contributed by atoms with Gasteiger partial charge in [-0.15, -0.1) is 0 Å². The molecule has 0 amide bonds. The van der Waals surface area contributed by atoms with Gasteiger partial charge < -0.3 is 4.74 Å². The van der Waals surface area contributed by atoms with E-state index in [2.05, 4.69) is 16.9 Å². The van der Waals surface area contributed by atoms with Crippen LogP contribution in [0.3, 0.4) is 0 Å². The summed E-state index contributed by atoms with van der Waals surface area (Å²) < 4.78 is 35.3. The van der Waals surface area contributed by atoms with E-state index >= 15 is 0 Å². The predicted molar refractivity (Wildman–Crippen MR) is 90.5 cm³/mol. The lowest BCUT2D eigenvalue weighted by atomic mass is 9.64. The molecule has 3 rings (SSSR count). The summed E-state index contributed by atoms with van der Waals surface area (Å²) in [5, 5.41) is 0. The minimum absolute atomic E-state index is 0.0438. The van der Waals surface area contributed by atoms with Gasteiger partial charge in [0, 0.05) is 25.0 Å². The molecule has 0 bridgehead atoms. The first-order valence-electron chi connectivity index (χ1n) is 8.37. The molecule has 1 aromatic carbocycles. The van der Waals surface area contributed by atoms with Crippen LogP contribution >= 0.6 is 0 Å². The van der Waals surface area contributed by atoms with Crippen molar-refractivity contribution in [2.75, 3.05) is 19.6 Å². The van der Waals surface area contributed by atoms with E-state index < -0.39 is 10.2 Å². The van der Waals surface area contributed by atoms with Gasteiger partial charge in [0.05, 0.1) is 12.2 Å². The zero-order chi connectivity index (χ0) is 16.5. The van der Waals surface area contributed by atoms with Gasteiger partial charge in [-0.25, -0.2) is 4.72 Å². The Labute approximate surface area is 139 Å². The summed E-state index contributed by atoms with van der Waals surface area (Å²) in [5.74, 6) is 0. The van der Waals surface area contributed by atoms with Gasteiger partial charge in [0.15, 0.2) is 0 Å². The lowest BCUT2D eigenvalue weighted by molar-refractivity contribution is -0.0444. The van der Waals surface area contributed by atoms with Gasteiger partial charge in [-0.1, -0.05) is 36.8 Å². The van der Waals surface area contributed by atoms with Crippen molar-refractivity contribution in [3.63, 3.8) is 0 Å². The highest BCUT2D eigenvalue weighted by atomic mass is 32.2. The average Bonchev–Trinajstić information content (AvgIpc) is 2.46. The highest BCUT2D eigenvalue weighted by molar-refractivity contribution is 7.87. The number of ether oxygens (including phenoxy) is 1. The molecule has 6 heteroatoms. The summed E-state index contributed by atoms with van der Waals surface area (Å²) in [6.07, 6.45) is 3.09. The summed E-state index contributed by atoms with van der Waals surface area (Å²) in [7, 11) is -3.46. The fraction of sp³-hybridized carbons (Fsp3) is 0.647. The maximum Gasteiger partial charge on any atom is 0.279 e. The highest BCUT2D eigenvalue weighted by Crippen LogP contribution is 2.43. The van der Waals surface area contributed by atoms with Crippen LogP contribution in [-0.4, -0.2) is 44.6 Å². The minimum Gasteiger partial charge on any atom is -0.373 e. The first-order chi connectivity index (χ1) is 10.9. The molecular formula is C17H26N2O3S. The smallest absolute Gasteiger partial charge is 0.279 e. The van der Waals surface area contributed by atoms with Crippen LogP contribution in [0.2, 0.25) is 0 Å². The Hall–Kier alpha value is -0.950. The van der Waals surface area contributed by atoms with Crippen LogP contribution in [0.15, 0.2) is 30.3 Å². The Morgan fingerprint density at radius 3 is 2.30 bits per heavy atom. The Kier molecular flexibility index (Phi) is 4.78. The molecule has 1 heterocycles. The standard InChI is InChI=1S/C17H26N2O3S/c1-14-11-19(12-15(2)22-14)23(20,21)18-13-17(9-6-10-17)16-7-4-3-5-8-16/h3-5,7-8,14-15,18H,6,9-13H2,1-2H3/t14-,15-/m0/s1. The molecule has 0 unspecified atom stereocenters. The molecule has 0 spiro atoms. The van der Waals surface area contributed by atoms with Gasteiger partial charge in [0.2, 0.25) is 0 Å². The number of hydrogen-bond donors (Lipinski definition) is 1. The van der Waals surface area contributed by atoms with E-state index in [-0.39, 0.29) is 17.6 Å². The fourth-order valence-electron chi connectivity index (χ4n) is 3.61. The highest BCUT2D eigenvalue weighted by Gasteiger charge is 2.40. The van der Waals surface area contributed by atoms with E-state index in [0.29, 0.717) is 19.6 Å².